The first-order chi connectivity index (χ1) is 15.3. The standard InChI is InChI=1S/2C11H11F2O3.2CH3.Ti/c2*1-15-4-5-16-7-11(14)9-3-2-8(12)6-10(9)13;;;/h2*2-3H,4-5,7H2,1H3;2*1H3;/q4*-1;+4. The fourth-order valence-corrected chi connectivity index (χ4v) is 2.09. The van der Waals surface area contributed by atoms with Gasteiger partial charge in [-0.1, -0.05) is 11.1 Å². The van der Waals surface area contributed by atoms with Gasteiger partial charge in [0.2, 0.25) is 0 Å². The number of hydrogen-bond donors (Lipinski definition) is 0. The summed E-state index contributed by atoms with van der Waals surface area (Å²) in [7, 11) is 3.00. The molecule has 0 saturated carbocycles. The molecule has 0 amide bonds. The quantitative estimate of drug-likeness (QED) is 0.134. The third-order valence-corrected chi connectivity index (χ3v) is 3.65. The van der Waals surface area contributed by atoms with Gasteiger partial charge in [-0.2, -0.15) is 12.1 Å². The van der Waals surface area contributed by atoms with Crippen molar-refractivity contribution in [1.29, 1.82) is 0 Å². The Morgan fingerprint density at radius 3 is 1.31 bits per heavy atom. The van der Waals surface area contributed by atoms with E-state index in [-0.39, 0.29) is 74.1 Å². The van der Waals surface area contributed by atoms with Gasteiger partial charge in [0.25, 0.3) is 0 Å². The van der Waals surface area contributed by atoms with Gasteiger partial charge in [-0.3, -0.25) is 0 Å². The molecule has 0 atom stereocenters. The SMILES string of the molecule is COCCOCC(=O)c1ccc(F)[c-]c1F.COCCOCC(=O)c1ccc(F)[c-]c1F.[CH3-].[CH3-].[Ti+4]. The van der Waals surface area contributed by atoms with Crippen molar-refractivity contribution in [2.24, 2.45) is 0 Å². The molecule has 0 aliphatic heterocycles. The van der Waals surface area contributed by atoms with Gasteiger partial charge in [0, 0.05) is 37.5 Å². The molecule has 0 heterocycles. The van der Waals surface area contributed by atoms with Gasteiger partial charge in [0.05, 0.1) is 39.6 Å². The van der Waals surface area contributed by atoms with E-state index in [1.165, 1.54) is 14.2 Å². The summed E-state index contributed by atoms with van der Waals surface area (Å²) in [5, 5.41) is 0. The van der Waals surface area contributed by atoms with Crippen molar-refractivity contribution < 1.29 is 67.8 Å². The van der Waals surface area contributed by atoms with Crippen LogP contribution in [0.4, 0.5) is 17.6 Å². The zero-order chi connectivity index (χ0) is 23.9. The number of Topliss-reactive ketones (excluding diaryl/α,β-unsaturated/α-hetero) is 2. The number of ketones is 2. The van der Waals surface area contributed by atoms with Crippen LogP contribution in [0.2, 0.25) is 0 Å². The maximum Gasteiger partial charge on any atom is 4.00 e. The Kier molecular flexibility index (Phi) is 22.9. The summed E-state index contributed by atoms with van der Waals surface area (Å²) in [5.41, 5.74) is -0.447. The third-order valence-electron chi connectivity index (χ3n) is 3.65. The molecule has 2 aromatic rings. The van der Waals surface area contributed by atoms with E-state index in [1.54, 1.807) is 12.1 Å². The monoisotopic (exact) mass is 536 g/mol. The second kappa shape index (κ2) is 21.3. The molecule has 0 radical (unpaired) electrons. The molecule has 0 saturated heterocycles. The van der Waals surface area contributed by atoms with E-state index >= 15 is 0 Å². The maximum atomic E-state index is 13.1. The number of carbonyl (C=O) groups is 2. The van der Waals surface area contributed by atoms with Crippen molar-refractivity contribution in [2.45, 2.75) is 0 Å². The average molecular weight is 536 g/mol. The van der Waals surface area contributed by atoms with E-state index in [4.69, 9.17) is 18.9 Å². The minimum Gasteiger partial charge on any atom is -0.382 e. The van der Waals surface area contributed by atoms with Gasteiger partial charge in [0.1, 0.15) is 11.6 Å². The minimum absolute atomic E-state index is 0. The van der Waals surface area contributed by atoms with Crippen molar-refractivity contribution in [1.82, 2.24) is 0 Å². The second-order valence-electron chi connectivity index (χ2n) is 6.00. The molecule has 0 N–H and O–H groups in total. The summed E-state index contributed by atoms with van der Waals surface area (Å²) in [4.78, 5) is 22.8. The van der Waals surface area contributed by atoms with E-state index in [9.17, 15) is 27.2 Å². The zero-order valence-electron chi connectivity index (χ0n) is 20.0. The molecule has 0 spiro atoms. The van der Waals surface area contributed by atoms with Crippen molar-refractivity contribution in [3.05, 3.63) is 85.6 Å². The molecule has 2 rings (SSSR count). The molecule has 0 unspecified atom stereocenters. The minimum atomic E-state index is -1.000. The summed E-state index contributed by atoms with van der Waals surface area (Å²) in [6.07, 6.45) is 0. The van der Waals surface area contributed by atoms with E-state index in [0.29, 0.717) is 13.2 Å². The largest absolute Gasteiger partial charge is 4.00 e. The molecule has 0 bridgehead atoms. The number of carbonyl (C=O) groups excluding carboxylic acids is 2. The van der Waals surface area contributed by atoms with Gasteiger partial charge in [0.15, 0.2) is 0 Å². The Hall–Kier alpha value is -1.95. The van der Waals surface area contributed by atoms with Gasteiger partial charge in [-0.05, 0) is 0 Å². The summed E-state index contributed by atoms with van der Waals surface area (Å²) in [5.74, 6) is -4.78. The Morgan fingerprint density at radius 1 is 0.686 bits per heavy atom. The van der Waals surface area contributed by atoms with Crippen molar-refractivity contribution in [3.63, 3.8) is 0 Å². The van der Waals surface area contributed by atoms with Crippen molar-refractivity contribution in [3.8, 4) is 0 Å². The van der Waals surface area contributed by atoms with E-state index < -0.39 is 34.8 Å². The topological polar surface area (TPSA) is 71.1 Å². The molecular weight excluding hydrogens is 508 g/mol. The van der Waals surface area contributed by atoms with E-state index in [1.807, 2.05) is 0 Å². The first-order valence-corrected chi connectivity index (χ1v) is 9.24. The van der Waals surface area contributed by atoms with Crippen LogP contribution in [-0.4, -0.2) is 65.4 Å². The number of benzene rings is 2. The molecule has 11 heteroatoms. The van der Waals surface area contributed by atoms with E-state index in [2.05, 4.69) is 0 Å². The molecule has 192 valence electrons. The predicted octanol–water partition coefficient (Wildman–Crippen LogP) is 4.12. The van der Waals surface area contributed by atoms with Crippen molar-refractivity contribution in [2.75, 3.05) is 53.9 Å². The molecule has 0 aliphatic carbocycles. The van der Waals surface area contributed by atoms with Crippen LogP contribution in [0.1, 0.15) is 20.7 Å². The van der Waals surface area contributed by atoms with Crippen LogP contribution in [-0.2, 0) is 40.7 Å². The molecule has 6 nitrogen and oxygen atoms in total. The first-order valence-electron chi connectivity index (χ1n) is 9.24. The number of hydrogen-bond acceptors (Lipinski definition) is 6. The summed E-state index contributed by atoms with van der Waals surface area (Å²) >= 11 is 0. The number of ether oxygens (including phenoxy) is 4. The molecule has 0 fully saturated rings. The van der Waals surface area contributed by atoms with Crippen LogP contribution in [0.3, 0.4) is 0 Å². The summed E-state index contributed by atoms with van der Waals surface area (Å²) in [6, 6.07) is 7.67. The van der Waals surface area contributed by atoms with E-state index in [0.717, 1.165) is 24.3 Å². The van der Waals surface area contributed by atoms with Crippen LogP contribution in [0.5, 0.6) is 0 Å². The molecule has 0 aliphatic rings. The molecule has 35 heavy (non-hydrogen) atoms. The predicted molar refractivity (Wildman–Crippen MR) is 117 cm³/mol. The van der Waals surface area contributed by atoms with Crippen LogP contribution in [0, 0.1) is 50.3 Å². The number of methoxy groups -OCH3 is 2. The molecular formula is C24H28F4O6Ti. The second-order valence-corrected chi connectivity index (χ2v) is 6.00. The number of halogens is 4. The summed E-state index contributed by atoms with van der Waals surface area (Å²) < 4.78 is 70.4. The molecule has 2 aromatic carbocycles. The smallest absolute Gasteiger partial charge is 0.382 e. The summed E-state index contributed by atoms with van der Waals surface area (Å²) in [6.45, 7) is 0.666. The fraction of sp³-hybridized carbons (Fsp3) is 0.333. The van der Waals surface area contributed by atoms with Crippen LogP contribution >= 0.6 is 0 Å². The average Bonchev–Trinajstić information content (AvgIpc) is 2.74. The zero-order valence-corrected chi connectivity index (χ0v) is 21.6. The Labute approximate surface area is 218 Å². The van der Waals surface area contributed by atoms with Crippen LogP contribution < -0.4 is 0 Å². The van der Waals surface area contributed by atoms with Crippen molar-refractivity contribution >= 4 is 11.6 Å². The Morgan fingerprint density at radius 2 is 1.03 bits per heavy atom. The normalized spacial score (nSPS) is 9.54. The third kappa shape index (κ3) is 14.9. The van der Waals surface area contributed by atoms with Gasteiger partial charge < -0.3 is 43.4 Å². The molecule has 0 aromatic heterocycles. The first kappa shape index (κ1) is 37.6. The van der Waals surface area contributed by atoms with Crippen LogP contribution in [0.25, 0.3) is 0 Å². The van der Waals surface area contributed by atoms with Crippen LogP contribution in [0.15, 0.2) is 24.3 Å². The van der Waals surface area contributed by atoms with Gasteiger partial charge in [-0.15, -0.1) is 24.3 Å². The Bertz CT molecular complexity index is 812. The number of rotatable bonds is 12. The fourth-order valence-electron chi connectivity index (χ4n) is 2.09. The Balaban J connectivity index is -0.000000539. The van der Waals surface area contributed by atoms with Gasteiger partial charge >= 0.3 is 21.7 Å². The maximum absolute atomic E-state index is 13.1. The van der Waals surface area contributed by atoms with Gasteiger partial charge in [-0.25, -0.2) is 17.6 Å².